The molecule has 1 amide bonds. The number of fused-ring (bicyclic) bond motifs is 1. The third-order valence-electron chi connectivity index (χ3n) is 3.49. The topological polar surface area (TPSA) is 92.0 Å². The lowest BCUT2D eigenvalue weighted by Crippen LogP contribution is -2.12. The Morgan fingerprint density at radius 3 is 2.48 bits per heavy atom. The fourth-order valence-corrected chi connectivity index (χ4v) is 2.46. The van der Waals surface area contributed by atoms with E-state index < -0.39 is 17.7 Å². The summed E-state index contributed by atoms with van der Waals surface area (Å²) in [5, 5.41) is 5.79. The lowest BCUT2D eigenvalue weighted by molar-refractivity contribution is 0.151. The van der Waals surface area contributed by atoms with E-state index in [4.69, 9.17) is 23.7 Å². The van der Waals surface area contributed by atoms with E-state index in [0.29, 0.717) is 22.3 Å². The molecule has 1 aromatic heterocycles. The summed E-state index contributed by atoms with van der Waals surface area (Å²) in [6.45, 7) is 2.29. The number of aromatic amines is 1. The largest absolute Gasteiger partial charge is 0.445 e. The second kappa shape index (κ2) is 7.61. The van der Waals surface area contributed by atoms with Gasteiger partial charge in [0.25, 0.3) is 0 Å². The van der Waals surface area contributed by atoms with Crippen molar-refractivity contribution >= 4 is 37.0 Å². The minimum atomic E-state index is -0.973. The van der Waals surface area contributed by atoms with Crippen molar-refractivity contribution in [3.05, 3.63) is 53.6 Å². The van der Waals surface area contributed by atoms with E-state index in [-0.39, 0.29) is 17.5 Å². The molecule has 0 bridgehead atoms. The third kappa shape index (κ3) is 3.85. The first-order chi connectivity index (χ1) is 12.0. The quantitative estimate of drug-likeness (QED) is 0.505. The smallest absolute Gasteiger partial charge is 0.404 e. The van der Waals surface area contributed by atoms with Gasteiger partial charge in [-0.2, -0.15) is 0 Å². The molecule has 3 rings (SSSR count). The van der Waals surface area contributed by atoms with Crippen LogP contribution in [0.15, 0.2) is 36.4 Å². The first kappa shape index (κ1) is 18.2. The molecule has 8 heteroatoms. The van der Waals surface area contributed by atoms with Gasteiger partial charge >= 0.3 is 6.09 Å². The minimum absolute atomic E-state index is 0.126. The van der Waals surface area contributed by atoms with E-state index in [1.165, 1.54) is 6.07 Å². The van der Waals surface area contributed by atoms with Gasteiger partial charge in [0, 0.05) is 17.0 Å². The highest BCUT2D eigenvalue weighted by molar-refractivity contribution is 6.32. The van der Waals surface area contributed by atoms with Crippen molar-refractivity contribution in [3.63, 3.8) is 0 Å². The maximum atomic E-state index is 14.0. The van der Waals surface area contributed by atoms with Crippen LogP contribution >= 0.6 is 0 Å². The zero-order valence-corrected chi connectivity index (χ0v) is 13.1. The number of benzene rings is 2. The summed E-state index contributed by atoms with van der Waals surface area (Å²) in [6, 6.07) is 8.76. The van der Waals surface area contributed by atoms with Crippen molar-refractivity contribution in [2.75, 3.05) is 0 Å². The molecule has 0 atom stereocenters. The Labute approximate surface area is 143 Å². The predicted octanol–water partition coefficient (Wildman–Crippen LogP) is 2.77. The Kier molecular flexibility index (Phi) is 5.54. The van der Waals surface area contributed by atoms with Crippen molar-refractivity contribution in [3.8, 4) is 11.3 Å². The van der Waals surface area contributed by atoms with E-state index in [1.54, 1.807) is 24.3 Å². The van der Waals surface area contributed by atoms with Gasteiger partial charge < -0.3 is 20.9 Å². The van der Waals surface area contributed by atoms with E-state index >= 15 is 0 Å². The normalized spacial score (nSPS) is 10.2. The van der Waals surface area contributed by atoms with Crippen molar-refractivity contribution in [2.24, 2.45) is 5.73 Å². The number of H-pyrrole nitrogens is 1. The van der Waals surface area contributed by atoms with Crippen molar-refractivity contribution in [1.29, 1.82) is 5.41 Å². The maximum absolute atomic E-state index is 14.0. The van der Waals surface area contributed by atoms with Gasteiger partial charge in [0.2, 0.25) is 0 Å². The fourth-order valence-electron chi connectivity index (χ4n) is 2.46. The summed E-state index contributed by atoms with van der Waals surface area (Å²) in [4.78, 5) is 13.8. The van der Waals surface area contributed by atoms with Crippen LogP contribution in [-0.4, -0.2) is 25.6 Å². The molecule has 0 unspecified atom stereocenters. The van der Waals surface area contributed by atoms with Gasteiger partial charge in [-0.05, 0) is 18.3 Å². The molecule has 0 aliphatic heterocycles. The molecule has 2 radical (unpaired) electrons. The molecule has 0 fully saturated rings. The first-order valence-corrected chi connectivity index (χ1v) is 7.09. The van der Waals surface area contributed by atoms with Crippen LogP contribution in [0.3, 0.4) is 0 Å². The van der Waals surface area contributed by atoms with Crippen LogP contribution in [0.5, 0.6) is 0 Å². The van der Waals surface area contributed by atoms with E-state index in [1.807, 2.05) is 0 Å². The standard InChI is InChI=1S/C16H11BF2N2O2.CH3N/c17-9-3-1-8(2-4-9)14-12(7-23-16(20)22)11-5-10(18)6-13(19)15(11)21-14;1-2/h1-6,21H,7H2,(H2,20,22);2H,1H2. The van der Waals surface area contributed by atoms with Gasteiger partial charge in [-0.25, -0.2) is 13.6 Å². The van der Waals surface area contributed by atoms with Gasteiger partial charge in [0.05, 0.1) is 11.2 Å². The molecule has 5 nitrogen and oxygen atoms in total. The second-order valence-corrected chi connectivity index (χ2v) is 5.02. The van der Waals surface area contributed by atoms with Crippen molar-refractivity contribution in [2.45, 2.75) is 6.61 Å². The molecule has 0 spiro atoms. The van der Waals surface area contributed by atoms with Crippen LogP contribution < -0.4 is 11.2 Å². The second-order valence-electron chi connectivity index (χ2n) is 5.02. The number of nitrogens with two attached hydrogens (primary N) is 1. The van der Waals surface area contributed by atoms with Crippen LogP contribution in [0, 0.1) is 17.0 Å². The summed E-state index contributed by atoms with van der Waals surface area (Å²) in [5.41, 5.74) is 7.31. The lowest BCUT2D eigenvalue weighted by atomic mass is 9.94. The highest BCUT2D eigenvalue weighted by Crippen LogP contribution is 2.32. The lowest BCUT2D eigenvalue weighted by Gasteiger charge is -2.06. The molecule has 126 valence electrons. The molecular weight excluding hydrogens is 327 g/mol. The van der Waals surface area contributed by atoms with Crippen LogP contribution in [0.2, 0.25) is 0 Å². The molecule has 4 N–H and O–H groups in total. The van der Waals surface area contributed by atoms with Crippen LogP contribution in [0.25, 0.3) is 22.2 Å². The summed E-state index contributed by atoms with van der Waals surface area (Å²) in [7, 11) is 5.65. The van der Waals surface area contributed by atoms with Crippen LogP contribution in [0.1, 0.15) is 5.56 Å². The summed E-state index contributed by atoms with van der Waals surface area (Å²) < 4.78 is 32.3. The Balaban J connectivity index is 0.00000109. The number of aromatic nitrogens is 1. The Morgan fingerprint density at radius 1 is 1.24 bits per heavy atom. The van der Waals surface area contributed by atoms with E-state index in [9.17, 15) is 13.6 Å². The molecule has 0 saturated carbocycles. The maximum Gasteiger partial charge on any atom is 0.404 e. The predicted molar refractivity (Wildman–Crippen MR) is 93.3 cm³/mol. The Morgan fingerprint density at radius 2 is 1.88 bits per heavy atom. The summed E-state index contributed by atoms with van der Waals surface area (Å²) in [5.74, 6) is -1.46. The van der Waals surface area contributed by atoms with Crippen molar-refractivity contribution < 1.29 is 18.3 Å². The van der Waals surface area contributed by atoms with E-state index in [2.05, 4.69) is 11.7 Å². The number of hydrogen-bond acceptors (Lipinski definition) is 3. The van der Waals surface area contributed by atoms with Gasteiger partial charge in [-0.15, -0.1) is 0 Å². The minimum Gasteiger partial charge on any atom is -0.445 e. The highest BCUT2D eigenvalue weighted by atomic mass is 19.1. The zero-order chi connectivity index (χ0) is 18.6. The average Bonchev–Trinajstić information content (AvgIpc) is 2.94. The SMILES string of the molecule is C=N.[B]c1ccc(-c2[nH]c3c(F)cc(F)cc3c2COC(N)=O)cc1. The third-order valence-corrected chi connectivity index (χ3v) is 3.49. The molecular formula is C17H14BF2N3O2. The first-order valence-electron chi connectivity index (χ1n) is 7.09. The summed E-state index contributed by atoms with van der Waals surface area (Å²) in [6.07, 6.45) is -0.973. The number of carbonyl (C=O) groups is 1. The molecule has 0 saturated heterocycles. The summed E-state index contributed by atoms with van der Waals surface area (Å²) >= 11 is 0. The number of halogens is 2. The van der Waals surface area contributed by atoms with Gasteiger partial charge in [0.15, 0.2) is 0 Å². The number of primary amides is 1. The number of ether oxygens (including phenoxy) is 1. The van der Waals surface area contributed by atoms with E-state index in [0.717, 1.165) is 6.07 Å². The van der Waals surface area contributed by atoms with Crippen LogP contribution in [-0.2, 0) is 11.3 Å². The monoisotopic (exact) mass is 341 g/mol. The number of carbonyl (C=O) groups excluding carboxylic acids is 1. The van der Waals surface area contributed by atoms with Crippen LogP contribution in [0.4, 0.5) is 13.6 Å². The Hall–Kier alpha value is -3.16. The number of nitrogens with one attached hydrogen (secondary N) is 2. The van der Waals surface area contributed by atoms with Gasteiger partial charge in [0.1, 0.15) is 26.1 Å². The van der Waals surface area contributed by atoms with Crippen molar-refractivity contribution in [1.82, 2.24) is 4.98 Å². The fraction of sp³-hybridized carbons (Fsp3) is 0.0588. The number of amides is 1. The molecule has 3 aromatic rings. The average molecular weight is 341 g/mol. The zero-order valence-electron chi connectivity index (χ0n) is 13.1. The Bertz CT molecular complexity index is 910. The molecule has 2 aromatic carbocycles. The molecule has 0 aliphatic carbocycles. The van der Waals surface area contributed by atoms with Gasteiger partial charge in [-0.3, -0.25) is 0 Å². The number of rotatable bonds is 3. The molecule has 0 aliphatic rings. The van der Waals surface area contributed by atoms with Gasteiger partial charge in [-0.1, -0.05) is 29.7 Å². The molecule has 25 heavy (non-hydrogen) atoms. The number of hydrogen-bond donors (Lipinski definition) is 3. The molecule has 1 heterocycles. The highest BCUT2D eigenvalue weighted by Gasteiger charge is 2.18.